The number of rotatable bonds is 4. The van der Waals surface area contributed by atoms with E-state index in [0.717, 1.165) is 38.0 Å². The zero-order valence-corrected chi connectivity index (χ0v) is 12.1. The van der Waals surface area contributed by atoms with Gasteiger partial charge in [0.1, 0.15) is 0 Å². The fraction of sp³-hybridized carbons (Fsp3) is 0.533. The van der Waals surface area contributed by atoms with Crippen LogP contribution in [0.5, 0.6) is 0 Å². The standard InChI is InChI=1S/C15H21ClN2O/c1-2-18-9-7-14(8-10-18)17-15(19)11-12-3-5-13(16)6-4-12/h3-6,14H,2,7-11H2,1H3,(H,17,19). The third-order valence-electron chi connectivity index (χ3n) is 3.68. The van der Waals surface area contributed by atoms with Crippen LogP contribution in [0.25, 0.3) is 0 Å². The van der Waals surface area contributed by atoms with Gasteiger partial charge in [0, 0.05) is 24.2 Å². The number of hydrogen-bond acceptors (Lipinski definition) is 2. The Morgan fingerprint density at radius 1 is 1.32 bits per heavy atom. The lowest BCUT2D eigenvalue weighted by molar-refractivity contribution is -0.121. The molecule has 1 amide bonds. The Bertz CT molecular complexity index is 411. The minimum absolute atomic E-state index is 0.109. The first-order chi connectivity index (χ1) is 9.17. The molecule has 0 saturated carbocycles. The van der Waals surface area contributed by atoms with Crippen LogP contribution in [-0.2, 0) is 11.2 Å². The summed E-state index contributed by atoms with van der Waals surface area (Å²) in [6, 6.07) is 7.79. The summed E-state index contributed by atoms with van der Waals surface area (Å²) in [4.78, 5) is 14.4. The molecule has 0 aromatic heterocycles. The molecule has 1 aliphatic heterocycles. The SMILES string of the molecule is CCN1CCC(NC(=O)Cc2ccc(Cl)cc2)CC1. The number of carbonyl (C=O) groups excluding carboxylic acids is 1. The number of benzene rings is 1. The highest BCUT2D eigenvalue weighted by atomic mass is 35.5. The van der Waals surface area contributed by atoms with E-state index in [2.05, 4.69) is 17.1 Å². The fourth-order valence-electron chi connectivity index (χ4n) is 2.46. The second-order valence-electron chi connectivity index (χ2n) is 5.08. The van der Waals surface area contributed by atoms with Gasteiger partial charge >= 0.3 is 0 Å². The van der Waals surface area contributed by atoms with Crippen molar-refractivity contribution < 1.29 is 4.79 Å². The number of carbonyl (C=O) groups is 1. The summed E-state index contributed by atoms with van der Waals surface area (Å²) in [7, 11) is 0. The minimum Gasteiger partial charge on any atom is -0.353 e. The zero-order chi connectivity index (χ0) is 13.7. The molecule has 1 aromatic rings. The smallest absolute Gasteiger partial charge is 0.224 e. The van der Waals surface area contributed by atoms with Gasteiger partial charge in [-0.1, -0.05) is 30.7 Å². The van der Waals surface area contributed by atoms with E-state index in [0.29, 0.717) is 17.5 Å². The zero-order valence-electron chi connectivity index (χ0n) is 11.4. The van der Waals surface area contributed by atoms with Crippen molar-refractivity contribution in [2.75, 3.05) is 19.6 Å². The Morgan fingerprint density at radius 3 is 2.53 bits per heavy atom. The summed E-state index contributed by atoms with van der Waals surface area (Å²) in [5.41, 5.74) is 1.01. The molecular formula is C15H21ClN2O. The maximum absolute atomic E-state index is 12.0. The first-order valence-corrected chi connectivity index (χ1v) is 7.31. The lowest BCUT2D eigenvalue weighted by atomic mass is 10.0. The van der Waals surface area contributed by atoms with Crippen molar-refractivity contribution in [3.05, 3.63) is 34.9 Å². The number of hydrogen-bond donors (Lipinski definition) is 1. The van der Waals surface area contributed by atoms with Gasteiger partial charge < -0.3 is 10.2 Å². The summed E-state index contributed by atoms with van der Waals surface area (Å²) in [6.07, 6.45) is 2.55. The first kappa shape index (κ1) is 14.4. The maximum Gasteiger partial charge on any atom is 0.224 e. The maximum atomic E-state index is 12.0. The van der Waals surface area contributed by atoms with Gasteiger partial charge in [-0.15, -0.1) is 0 Å². The number of halogens is 1. The minimum atomic E-state index is 0.109. The van der Waals surface area contributed by atoms with Crippen molar-refractivity contribution in [3.63, 3.8) is 0 Å². The van der Waals surface area contributed by atoms with Crippen molar-refractivity contribution in [1.29, 1.82) is 0 Å². The molecule has 0 bridgehead atoms. The highest BCUT2D eigenvalue weighted by Crippen LogP contribution is 2.12. The largest absolute Gasteiger partial charge is 0.353 e. The van der Waals surface area contributed by atoms with Crippen molar-refractivity contribution in [2.24, 2.45) is 0 Å². The van der Waals surface area contributed by atoms with E-state index in [1.54, 1.807) is 0 Å². The number of piperidine rings is 1. The van der Waals surface area contributed by atoms with Gasteiger partial charge in [-0.05, 0) is 37.1 Å². The van der Waals surface area contributed by atoms with Gasteiger partial charge in [0.25, 0.3) is 0 Å². The van der Waals surface area contributed by atoms with Crippen LogP contribution < -0.4 is 5.32 Å². The summed E-state index contributed by atoms with van der Waals surface area (Å²) in [5, 5.41) is 3.83. The molecule has 0 atom stereocenters. The molecule has 3 nitrogen and oxygen atoms in total. The third-order valence-corrected chi connectivity index (χ3v) is 3.93. The normalized spacial score (nSPS) is 17.4. The quantitative estimate of drug-likeness (QED) is 0.919. The van der Waals surface area contributed by atoms with E-state index in [4.69, 9.17) is 11.6 Å². The summed E-state index contributed by atoms with van der Waals surface area (Å²) in [5.74, 6) is 0.109. The van der Waals surface area contributed by atoms with Crippen LogP contribution in [0.3, 0.4) is 0 Å². The second-order valence-corrected chi connectivity index (χ2v) is 5.52. The van der Waals surface area contributed by atoms with Crippen molar-refractivity contribution in [1.82, 2.24) is 10.2 Å². The Hall–Kier alpha value is -1.06. The van der Waals surface area contributed by atoms with Crippen molar-refractivity contribution in [2.45, 2.75) is 32.2 Å². The average molecular weight is 281 g/mol. The number of likely N-dealkylation sites (tertiary alicyclic amines) is 1. The van der Waals surface area contributed by atoms with Crippen LogP contribution in [0.15, 0.2) is 24.3 Å². The highest BCUT2D eigenvalue weighted by molar-refractivity contribution is 6.30. The van der Waals surface area contributed by atoms with Gasteiger partial charge in [0.05, 0.1) is 6.42 Å². The predicted molar refractivity (Wildman–Crippen MR) is 78.4 cm³/mol. The van der Waals surface area contributed by atoms with E-state index in [1.807, 2.05) is 24.3 Å². The monoisotopic (exact) mass is 280 g/mol. The molecule has 0 unspecified atom stereocenters. The van der Waals surface area contributed by atoms with E-state index < -0.39 is 0 Å². The number of amides is 1. The Kier molecular flexibility index (Phi) is 5.23. The van der Waals surface area contributed by atoms with Gasteiger partial charge in [-0.25, -0.2) is 0 Å². The molecule has 0 aliphatic carbocycles. The number of nitrogens with one attached hydrogen (secondary N) is 1. The van der Waals surface area contributed by atoms with Gasteiger partial charge in [-0.3, -0.25) is 4.79 Å². The molecule has 104 valence electrons. The Labute approximate surface area is 119 Å². The van der Waals surface area contributed by atoms with E-state index in [9.17, 15) is 4.79 Å². The lowest BCUT2D eigenvalue weighted by Gasteiger charge is -2.31. The van der Waals surface area contributed by atoms with Crippen molar-refractivity contribution in [3.8, 4) is 0 Å². The van der Waals surface area contributed by atoms with Crippen LogP contribution in [0.1, 0.15) is 25.3 Å². The summed E-state index contributed by atoms with van der Waals surface area (Å²) in [6.45, 7) is 5.45. The van der Waals surface area contributed by atoms with Gasteiger partial charge in [-0.2, -0.15) is 0 Å². The van der Waals surface area contributed by atoms with Gasteiger partial charge in [0.15, 0.2) is 0 Å². The molecule has 0 spiro atoms. The third kappa shape index (κ3) is 4.51. The lowest BCUT2D eigenvalue weighted by Crippen LogP contribution is -2.44. The van der Waals surface area contributed by atoms with Crippen LogP contribution in [0, 0.1) is 0 Å². The first-order valence-electron chi connectivity index (χ1n) is 6.93. The average Bonchev–Trinajstić information content (AvgIpc) is 2.42. The molecule has 1 fully saturated rings. The van der Waals surface area contributed by atoms with Crippen molar-refractivity contribution >= 4 is 17.5 Å². The topological polar surface area (TPSA) is 32.3 Å². The summed E-state index contributed by atoms with van der Waals surface area (Å²) < 4.78 is 0. The molecule has 19 heavy (non-hydrogen) atoms. The molecule has 2 rings (SSSR count). The molecule has 0 radical (unpaired) electrons. The second kappa shape index (κ2) is 6.92. The molecule has 1 aliphatic rings. The fourth-order valence-corrected chi connectivity index (χ4v) is 2.59. The molecule has 4 heteroatoms. The van der Waals surface area contributed by atoms with Crippen LogP contribution in [-0.4, -0.2) is 36.5 Å². The molecule has 1 heterocycles. The Morgan fingerprint density at radius 2 is 1.95 bits per heavy atom. The van der Waals surface area contributed by atoms with Crippen LogP contribution in [0.2, 0.25) is 5.02 Å². The van der Waals surface area contributed by atoms with E-state index in [1.165, 1.54) is 0 Å². The van der Waals surface area contributed by atoms with E-state index >= 15 is 0 Å². The highest BCUT2D eigenvalue weighted by Gasteiger charge is 2.19. The van der Waals surface area contributed by atoms with E-state index in [-0.39, 0.29) is 5.91 Å². The molecular weight excluding hydrogens is 260 g/mol. The van der Waals surface area contributed by atoms with Crippen LogP contribution in [0.4, 0.5) is 0 Å². The Balaban J connectivity index is 1.77. The summed E-state index contributed by atoms with van der Waals surface area (Å²) >= 11 is 5.83. The molecule has 1 saturated heterocycles. The molecule has 1 N–H and O–H groups in total. The number of nitrogens with zero attached hydrogens (tertiary/aromatic N) is 1. The van der Waals surface area contributed by atoms with Crippen LogP contribution >= 0.6 is 11.6 Å². The van der Waals surface area contributed by atoms with Gasteiger partial charge in [0.2, 0.25) is 5.91 Å². The molecule has 1 aromatic carbocycles. The predicted octanol–water partition coefficient (Wildman–Crippen LogP) is 2.48.